The number of carbonyl (C=O) groups is 2. The van der Waals surface area contributed by atoms with Gasteiger partial charge < -0.3 is 14.8 Å². The Morgan fingerprint density at radius 3 is 2.00 bits per heavy atom. The fourth-order valence-electron chi connectivity index (χ4n) is 2.83. The van der Waals surface area contributed by atoms with Gasteiger partial charge in [-0.2, -0.15) is 0 Å². The van der Waals surface area contributed by atoms with Crippen LogP contribution in [0.2, 0.25) is 0 Å². The van der Waals surface area contributed by atoms with Gasteiger partial charge in [-0.15, -0.1) is 0 Å². The molecule has 0 rings (SSSR count). The molecule has 0 fully saturated rings. The minimum absolute atomic E-state index is 0. The first kappa shape index (κ1) is 24.0. The van der Waals surface area contributed by atoms with Crippen LogP contribution in [0.3, 0.4) is 0 Å². The number of unbranched alkanes of at least 4 members (excludes halogenated alkanes) is 11. The molecular weight excluding hydrogens is 361 g/mol. The van der Waals surface area contributed by atoms with E-state index < -0.39 is 31.4 Å². The Morgan fingerprint density at radius 1 is 0.966 bits per heavy atom. The van der Waals surface area contributed by atoms with Crippen molar-refractivity contribution in [2.45, 2.75) is 96.8 Å². The van der Waals surface area contributed by atoms with E-state index in [1.807, 2.05) is 0 Å². The molecule has 2 N–H and O–H groups in total. The molecule has 1 amide bonds. The fraction of sp³-hybridized carbons (Fsp3) is 0.773. The van der Waals surface area contributed by atoms with E-state index in [9.17, 15) is 14.7 Å². The van der Waals surface area contributed by atoms with Gasteiger partial charge in [0.05, 0.1) is 12.5 Å². The van der Waals surface area contributed by atoms with Gasteiger partial charge in [0, 0.05) is 17.5 Å². The second kappa shape index (κ2) is 21.5. The Morgan fingerprint density at radius 2 is 1.48 bits per heavy atom. The number of hydrogen-bond donors (Lipinski definition) is 2. The van der Waals surface area contributed by atoms with Gasteiger partial charge in [-0.25, -0.2) is 0 Å². The molecule has 6 nitrogen and oxygen atoms in total. The Kier molecular flexibility index (Phi) is 17.8. The normalized spacial score (nSPS) is 12.5. The molecular formula is C22H40LiN3O3. The van der Waals surface area contributed by atoms with Crippen LogP contribution >= 0.6 is 0 Å². The average Bonchev–Trinajstić information content (AvgIpc) is 2.68. The van der Waals surface area contributed by atoms with E-state index in [1.165, 1.54) is 51.4 Å². The number of carboxylic acids is 1. The van der Waals surface area contributed by atoms with Crippen LogP contribution in [0.4, 0.5) is 0 Å². The van der Waals surface area contributed by atoms with E-state index >= 15 is 0 Å². The van der Waals surface area contributed by atoms with E-state index in [0.29, 0.717) is 11.3 Å². The Labute approximate surface area is 193 Å². The summed E-state index contributed by atoms with van der Waals surface area (Å²) in [6, 6.07) is 0. The number of carboxylic acid groups (broad SMARTS) is 1. The van der Waals surface area contributed by atoms with Crippen LogP contribution in [0.15, 0.2) is 12.2 Å². The van der Waals surface area contributed by atoms with Gasteiger partial charge in [0.2, 0.25) is 5.91 Å². The summed E-state index contributed by atoms with van der Waals surface area (Å²) in [4.78, 5) is 22.8. The zero-order chi connectivity index (χ0) is 23.5. The van der Waals surface area contributed by atoms with E-state index in [0.717, 1.165) is 25.7 Å². The maximum absolute atomic E-state index is 11.9. The molecule has 0 unspecified atom stereocenters. The molecule has 0 saturated carbocycles. The zero-order valence-electron chi connectivity index (χ0n) is 21.4. The molecule has 0 atom stereocenters. The van der Waals surface area contributed by atoms with Crippen molar-refractivity contribution < 1.29 is 37.7 Å². The zero-order valence-corrected chi connectivity index (χ0v) is 18.4. The van der Waals surface area contributed by atoms with Crippen LogP contribution in [0, 0.1) is 5.41 Å². The summed E-state index contributed by atoms with van der Waals surface area (Å²) >= 11 is 0. The van der Waals surface area contributed by atoms with Gasteiger partial charge in [-0.05, 0) is 32.1 Å². The summed E-state index contributed by atoms with van der Waals surface area (Å²) in [5, 5.41) is 20.5. The second-order valence-electron chi connectivity index (χ2n) is 7.19. The Balaban J connectivity index is 0. The molecule has 0 aromatic rings. The van der Waals surface area contributed by atoms with Crippen LogP contribution in [-0.4, -0.2) is 36.3 Å². The molecule has 0 spiro atoms. The van der Waals surface area contributed by atoms with Crippen LogP contribution < -0.4 is 29.3 Å². The van der Waals surface area contributed by atoms with Gasteiger partial charge >= 0.3 is 18.9 Å². The van der Waals surface area contributed by atoms with Crippen molar-refractivity contribution in [2.75, 3.05) is 13.5 Å². The number of rotatable bonds is 17. The summed E-state index contributed by atoms with van der Waals surface area (Å²) in [6.07, 6.45) is 19.7. The smallest absolute Gasteiger partial charge is 0.548 e. The second-order valence-corrected chi connectivity index (χ2v) is 7.19. The monoisotopic (exact) mass is 404 g/mol. The summed E-state index contributed by atoms with van der Waals surface area (Å²) in [5.41, 5.74) is 0. The van der Waals surface area contributed by atoms with E-state index in [2.05, 4.69) is 24.4 Å². The summed E-state index contributed by atoms with van der Waals surface area (Å²) in [6.45, 7) is -1.59. The van der Waals surface area contributed by atoms with Crippen LogP contribution in [0.5, 0.6) is 0 Å². The first-order valence-electron chi connectivity index (χ1n) is 12.2. The number of allylic oxidation sites excluding steroid dienone is 2. The SMILES string of the molecule is [2H]C([2H])([2H])N(CC(=O)[O-])C(=N)NC(=O)CCCCC/C=C\CCCCCCCCCC.[Li+]. The average molecular weight is 405 g/mol. The van der Waals surface area contributed by atoms with E-state index in [-0.39, 0.29) is 25.3 Å². The molecule has 0 aromatic heterocycles. The standard InChI is InChI=1S/C22H41N3O3.Li/c1-3-4-5-6-7-8-9-10-11-12-13-14-15-16-17-18-20(26)24-22(23)25(2)19-21(27)28;/h12-13H,3-11,14-19H2,1-2H3,(H,27,28)(H2,23,24,26);/q;+1/p-1/b13-12-;/i2D3;. The van der Waals surface area contributed by atoms with E-state index in [4.69, 9.17) is 9.52 Å². The molecule has 0 aliphatic heterocycles. The van der Waals surface area contributed by atoms with Crippen LogP contribution in [0.1, 0.15) is 101 Å². The third-order valence-electron chi connectivity index (χ3n) is 4.48. The van der Waals surface area contributed by atoms with Crippen molar-refractivity contribution in [1.82, 2.24) is 10.2 Å². The number of likely N-dealkylation sites (N-methyl/N-ethyl adjacent to an activating group) is 1. The first-order valence-corrected chi connectivity index (χ1v) is 10.7. The summed E-state index contributed by atoms with van der Waals surface area (Å²) in [7, 11) is 0. The van der Waals surface area contributed by atoms with Gasteiger partial charge in [-0.1, -0.05) is 70.4 Å². The Hall–Kier alpha value is -1.25. The minimum atomic E-state index is -2.84. The summed E-state index contributed by atoms with van der Waals surface area (Å²) < 4.78 is 21.8. The quantitative estimate of drug-likeness (QED) is 0.123. The van der Waals surface area contributed by atoms with Crippen molar-refractivity contribution in [1.29, 1.82) is 5.41 Å². The topological polar surface area (TPSA) is 96.3 Å². The fourth-order valence-corrected chi connectivity index (χ4v) is 2.83. The molecule has 7 heteroatoms. The first-order chi connectivity index (χ1) is 14.7. The minimum Gasteiger partial charge on any atom is -0.548 e. The summed E-state index contributed by atoms with van der Waals surface area (Å²) in [5.74, 6) is -2.88. The van der Waals surface area contributed by atoms with Crippen LogP contribution in [0.25, 0.3) is 0 Å². The molecule has 0 bridgehead atoms. The molecule has 162 valence electrons. The number of aliphatic carboxylic acids is 1. The van der Waals surface area contributed by atoms with Gasteiger partial charge in [0.25, 0.3) is 0 Å². The van der Waals surface area contributed by atoms with Crippen molar-refractivity contribution in [2.24, 2.45) is 0 Å². The van der Waals surface area contributed by atoms with Crippen LogP contribution in [-0.2, 0) is 9.59 Å². The van der Waals surface area contributed by atoms with Crippen molar-refractivity contribution >= 4 is 17.8 Å². The molecule has 0 aliphatic rings. The predicted molar refractivity (Wildman–Crippen MR) is 113 cm³/mol. The maximum atomic E-state index is 11.9. The molecule has 0 radical (unpaired) electrons. The molecule has 0 aliphatic carbocycles. The Bertz CT molecular complexity index is 558. The number of hydrogen-bond acceptors (Lipinski definition) is 4. The molecule has 29 heavy (non-hydrogen) atoms. The molecule has 0 heterocycles. The van der Waals surface area contributed by atoms with Crippen molar-refractivity contribution in [3.63, 3.8) is 0 Å². The third-order valence-corrected chi connectivity index (χ3v) is 4.48. The number of amides is 1. The van der Waals surface area contributed by atoms with Gasteiger partial charge in [0.1, 0.15) is 0 Å². The van der Waals surface area contributed by atoms with Crippen molar-refractivity contribution in [3.05, 3.63) is 12.2 Å². The number of carbonyl (C=O) groups excluding carboxylic acids is 2. The molecule has 0 saturated heterocycles. The number of nitrogens with one attached hydrogen (secondary N) is 2. The molecule has 0 aromatic carbocycles. The van der Waals surface area contributed by atoms with Gasteiger partial charge in [0.15, 0.2) is 5.96 Å². The van der Waals surface area contributed by atoms with Crippen molar-refractivity contribution in [3.8, 4) is 0 Å². The van der Waals surface area contributed by atoms with E-state index in [1.54, 1.807) is 0 Å². The number of nitrogens with zero attached hydrogens (tertiary/aromatic N) is 1. The predicted octanol–water partition coefficient (Wildman–Crippen LogP) is 0.761. The maximum Gasteiger partial charge on any atom is 1.00 e. The number of guanidine groups is 1. The largest absolute Gasteiger partial charge is 1.00 e. The third kappa shape index (κ3) is 21.3. The van der Waals surface area contributed by atoms with Gasteiger partial charge in [-0.3, -0.25) is 15.5 Å².